The van der Waals surface area contributed by atoms with Gasteiger partial charge in [0.25, 0.3) is 5.91 Å². The first-order valence-corrected chi connectivity index (χ1v) is 12.7. The van der Waals surface area contributed by atoms with E-state index >= 15 is 0 Å². The van der Waals surface area contributed by atoms with Gasteiger partial charge in [0.2, 0.25) is 5.75 Å². The first-order valence-electron chi connectivity index (χ1n) is 12.7. The molecule has 0 saturated heterocycles. The van der Waals surface area contributed by atoms with E-state index in [1.54, 1.807) is 33.5 Å². The van der Waals surface area contributed by atoms with Crippen LogP contribution in [0.3, 0.4) is 0 Å². The predicted octanol–water partition coefficient (Wildman–Crippen LogP) is 5.99. The van der Waals surface area contributed by atoms with Crippen LogP contribution >= 0.6 is 0 Å². The highest BCUT2D eigenvalue weighted by molar-refractivity contribution is 6.03. The van der Waals surface area contributed by atoms with Crippen LogP contribution in [0, 0.1) is 0 Å². The molecular weight excluding hydrogens is 504 g/mol. The van der Waals surface area contributed by atoms with Gasteiger partial charge in [-0.3, -0.25) is 9.20 Å². The van der Waals surface area contributed by atoms with E-state index in [9.17, 15) is 4.79 Å². The minimum absolute atomic E-state index is 0.271. The van der Waals surface area contributed by atoms with Crippen LogP contribution in [-0.4, -0.2) is 41.6 Å². The number of ether oxygens (including phenoxy) is 3. The second-order valence-electron chi connectivity index (χ2n) is 9.05. The topological polar surface area (TPSA) is 87.0 Å². The van der Waals surface area contributed by atoms with E-state index in [4.69, 9.17) is 24.2 Å². The van der Waals surface area contributed by atoms with Crippen molar-refractivity contribution in [2.24, 2.45) is 0 Å². The molecule has 2 heterocycles. The summed E-state index contributed by atoms with van der Waals surface area (Å²) >= 11 is 0. The number of methoxy groups -OCH3 is 3. The van der Waals surface area contributed by atoms with Gasteiger partial charge in [-0.15, -0.1) is 0 Å². The highest BCUT2D eigenvalue weighted by Crippen LogP contribution is 2.39. The van der Waals surface area contributed by atoms with E-state index in [2.05, 4.69) is 5.32 Å². The number of benzene rings is 4. The largest absolute Gasteiger partial charge is 0.493 e. The van der Waals surface area contributed by atoms with Crippen molar-refractivity contribution in [3.63, 3.8) is 0 Å². The minimum Gasteiger partial charge on any atom is -0.493 e. The van der Waals surface area contributed by atoms with E-state index in [-0.39, 0.29) is 5.91 Å². The Bertz CT molecular complexity index is 1890. The molecule has 0 radical (unpaired) electrons. The lowest BCUT2D eigenvalue weighted by Gasteiger charge is -2.16. The molecule has 1 amide bonds. The van der Waals surface area contributed by atoms with Crippen molar-refractivity contribution in [3.8, 4) is 17.2 Å². The molecule has 198 valence electrons. The van der Waals surface area contributed by atoms with E-state index in [0.29, 0.717) is 39.9 Å². The van der Waals surface area contributed by atoms with E-state index < -0.39 is 0 Å². The van der Waals surface area contributed by atoms with Gasteiger partial charge in [-0.05, 0) is 60.2 Å². The zero-order valence-electron chi connectivity index (χ0n) is 22.2. The van der Waals surface area contributed by atoms with Crippen molar-refractivity contribution >= 4 is 45.3 Å². The Labute approximate surface area is 230 Å². The normalized spacial score (nSPS) is 11.6. The fourth-order valence-electron chi connectivity index (χ4n) is 4.82. The molecule has 1 N–H and O–H groups in total. The standard InChI is InChI=1S/C32H26N4O4/c1-38-27-18-20(19-28(39-2)29(27)40-3)17-25(35-32(37)21-11-5-4-6-12-21)31-33-23-14-8-7-13-22(23)30-34-24-15-9-10-16-26(24)36(30)31/h4-19H,1-3H3,(H,35,37)/b25-17-. The van der Waals surface area contributed by atoms with Gasteiger partial charge < -0.3 is 19.5 Å². The number of nitrogens with one attached hydrogen (secondary N) is 1. The fourth-order valence-corrected chi connectivity index (χ4v) is 4.82. The molecule has 8 nitrogen and oxygen atoms in total. The SMILES string of the molecule is COc1cc(/C=C(\NC(=O)c2ccccc2)c2nc3ccccc3c3nc4ccccc4n23)cc(OC)c1OC. The number of imidazole rings is 1. The van der Waals surface area contributed by atoms with Crippen molar-refractivity contribution in [2.75, 3.05) is 21.3 Å². The average Bonchev–Trinajstić information content (AvgIpc) is 3.40. The van der Waals surface area contributed by atoms with Gasteiger partial charge >= 0.3 is 0 Å². The smallest absolute Gasteiger partial charge is 0.255 e. The molecule has 8 heteroatoms. The molecule has 4 aromatic carbocycles. The Morgan fingerprint density at radius 3 is 2.12 bits per heavy atom. The van der Waals surface area contributed by atoms with Gasteiger partial charge in [-0.25, -0.2) is 9.97 Å². The third kappa shape index (κ3) is 4.35. The third-order valence-electron chi connectivity index (χ3n) is 6.67. The molecular formula is C32H26N4O4. The van der Waals surface area contributed by atoms with Gasteiger partial charge in [-0.1, -0.05) is 42.5 Å². The predicted molar refractivity (Wildman–Crippen MR) is 156 cm³/mol. The Kier molecular flexibility index (Phi) is 6.49. The maximum atomic E-state index is 13.5. The molecule has 0 atom stereocenters. The summed E-state index contributed by atoms with van der Waals surface area (Å²) in [6.07, 6.45) is 1.84. The molecule has 6 rings (SSSR count). The lowest BCUT2D eigenvalue weighted by Crippen LogP contribution is -2.23. The number of amides is 1. The summed E-state index contributed by atoms with van der Waals surface area (Å²) < 4.78 is 18.6. The van der Waals surface area contributed by atoms with Crippen LogP contribution in [-0.2, 0) is 0 Å². The van der Waals surface area contributed by atoms with E-state index in [0.717, 1.165) is 27.6 Å². The molecule has 0 aliphatic carbocycles. The molecule has 0 unspecified atom stereocenters. The summed E-state index contributed by atoms with van der Waals surface area (Å²) in [5, 5.41) is 4.02. The van der Waals surface area contributed by atoms with Crippen LogP contribution in [0.25, 0.3) is 39.4 Å². The summed E-state index contributed by atoms with van der Waals surface area (Å²) in [5.74, 6) is 1.72. The van der Waals surface area contributed by atoms with E-state index in [1.807, 2.05) is 89.3 Å². The summed E-state index contributed by atoms with van der Waals surface area (Å²) in [6, 6.07) is 28.4. The van der Waals surface area contributed by atoms with Crippen molar-refractivity contribution < 1.29 is 19.0 Å². The number of carbonyl (C=O) groups is 1. The van der Waals surface area contributed by atoms with Crippen molar-refractivity contribution in [1.29, 1.82) is 0 Å². The van der Waals surface area contributed by atoms with Gasteiger partial charge in [0.1, 0.15) is 5.65 Å². The quantitative estimate of drug-likeness (QED) is 0.273. The minimum atomic E-state index is -0.271. The summed E-state index contributed by atoms with van der Waals surface area (Å²) in [6.45, 7) is 0. The maximum absolute atomic E-state index is 13.5. The summed E-state index contributed by atoms with van der Waals surface area (Å²) in [7, 11) is 4.69. The Hall–Kier alpha value is -5.37. The highest BCUT2D eigenvalue weighted by atomic mass is 16.5. The molecule has 40 heavy (non-hydrogen) atoms. The van der Waals surface area contributed by atoms with Gasteiger partial charge in [0, 0.05) is 10.9 Å². The van der Waals surface area contributed by atoms with Crippen LogP contribution < -0.4 is 19.5 Å². The number of fused-ring (bicyclic) bond motifs is 5. The van der Waals surface area contributed by atoms with E-state index in [1.165, 1.54) is 0 Å². The molecule has 6 aromatic rings. The van der Waals surface area contributed by atoms with Gasteiger partial charge in [-0.2, -0.15) is 0 Å². The molecule has 2 aromatic heterocycles. The maximum Gasteiger partial charge on any atom is 0.255 e. The number of nitrogens with zero attached hydrogens (tertiary/aromatic N) is 3. The number of aromatic nitrogens is 3. The second-order valence-corrected chi connectivity index (χ2v) is 9.05. The highest BCUT2D eigenvalue weighted by Gasteiger charge is 2.20. The summed E-state index contributed by atoms with van der Waals surface area (Å²) in [5.41, 5.74) is 4.90. The van der Waals surface area contributed by atoms with Crippen molar-refractivity contribution in [3.05, 3.63) is 108 Å². The lowest BCUT2D eigenvalue weighted by atomic mass is 10.1. The van der Waals surface area contributed by atoms with Crippen LogP contribution in [0.15, 0.2) is 91.0 Å². The second kappa shape index (κ2) is 10.4. The Morgan fingerprint density at radius 2 is 1.43 bits per heavy atom. The van der Waals surface area contributed by atoms with Crippen molar-refractivity contribution in [1.82, 2.24) is 19.7 Å². The summed E-state index contributed by atoms with van der Waals surface area (Å²) in [4.78, 5) is 23.5. The number of hydrogen-bond acceptors (Lipinski definition) is 6. The molecule has 0 spiro atoms. The van der Waals surface area contributed by atoms with Gasteiger partial charge in [0.15, 0.2) is 17.3 Å². The number of rotatable bonds is 7. The molecule has 0 saturated carbocycles. The van der Waals surface area contributed by atoms with Crippen LogP contribution in [0.5, 0.6) is 17.2 Å². The number of carbonyl (C=O) groups excluding carboxylic acids is 1. The Morgan fingerprint density at radius 1 is 0.775 bits per heavy atom. The molecule has 0 fully saturated rings. The first-order chi connectivity index (χ1) is 19.6. The first kappa shape index (κ1) is 24.9. The lowest BCUT2D eigenvalue weighted by molar-refractivity contribution is 0.0973. The third-order valence-corrected chi connectivity index (χ3v) is 6.67. The van der Waals surface area contributed by atoms with Gasteiger partial charge in [0.05, 0.1) is 43.6 Å². The molecule has 0 bridgehead atoms. The number of hydrogen-bond donors (Lipinski definition) is 1. The molecule has 0 aliphatic heterocycles. The number of para-hydroxylation sites is 3. The molecule has 0 aliphatic rings. The zero-order chi connectivity index (χ0) is 27.6. The Balaban J connectivity index is 1.64. The van der Waals surface area contributed by atoms with Crippen LogP contribution in [0.1, 0.15) is 21.7 Å². The van der Waals surface area contributed by atoms with Crippen LogP contribution in [0.2, 0.25) is 0 Å². The fraction of sp³-hybridized carbons (Fsp3) is 0.0938. The average molecular weight is 531 g/mol. The van der Waals surface area contributed by atoms with Crippen LogP contribution in [0.4, 0.5) is 0 Å². The zero-order valence-corrected chi connectivity index (χ0v) is 22.2. The van der Waals surface area contributed by atoms with Crippen molar-refractivity contribution in [2.45, 2.75) is 0 Å². The monoisotopic (exact) mass is 530 g/mol.